The number of benzene rings is 2. The van der Waals surface area contributed by atoms with E-state index in [1.165, 1.54) is 17.4 Å². The van der Waals surface area contributed by atoms with Crippen molar-refractivity contribution in [1.82, 2.24) is 4.98 Å². The summed E-state index contributed by atoms with van der Waals surface area (Å²) in [7, 11) is 1.63. The largest absolute Gasteiger partial charge is 0.497 e. The molecule has 6 heteroatoms. The molecule has 3 rings (SSSR count). The first kappa shape index (κ1) is 17.2. The Hall–Kier alpha value is -2.63. The van der Waals surface area contributed by atoms with Gasteiger partial charge in [0.2, 0.25) is 5.91 Å². The number of hydrogen-bond donors (Lipinski definition) is 1. The number of halogens is 1. The van der Waals surface area contributed by atoms with Gasteiger partial charge in [-0.25, -0.2) is 4.98 Å². The molecule has 0 aliphatic rings. The predicted molar refractivity (Wildman–Crippen MR) is 103 cm³/mol. The number of hydrogen-bond acceptors (Lipinski definition) is 4. The minimum Gasteiger partial charge on any atom is -0.497 e. The average Bonchev–Trinajstić information content (AvgIpc) is 3.10. The molecule has 0 aliphatic heterocycles. The Kier molecular flexibility index (Phi) is 5.48. The van der Waals surface area contributed by atoms with Crippen LogP contribution < -0.4 is 10.1 Å². The Morgan fingerprint density at radius 1 is 1.16 bits per heavy atom. The van der Waals surface area contributed by atoms with Crippen LogP contribution >= 0.6 is 22.9 Å². The summed E-state index contributed by atoms with van der Waals surface area (Å²) in [5.41, 5.74) is 2.68. The first-order valence-corrected chi connectivity index (χ1v) is 8.74. The number of carbonyl (C=O) groups is 1. The molecule has 0 bridgehead atoms. The second-order valence-corrected chi connectivity index (χ2v) is 6.44. The van der Waals surface area contributed by atoms with Gasteiger partial charge in [0.15, 0.2) is 5.13 Å². The first-order chi connectivity index (χ1) is 12.1. The van der Waals surface area contributed by atoms with E-state index in [2.05, 4.69) is 10.3 Å². The Bertz CT molecular complexity index is 887. The lowest BCUT2D eigenvalue weighted by Crippen LogP contribution is -2.07. The molecule has 126 valence electrons. The lowest BCUT2D eigenvalue weighted by atomic mass is 10.2. The van der Waals surface area contributed by atoms with Gasteiger partial charge in [-0.05, 0) is 48.0 Å². The van der Waals surface area contributed by atoms with Crippen molar-refractivity contribution in [3.63, 3.8) is 0 Å². The molecule has 0 unspecified atom stereocenters. The maximum Gasteiger partial charge on any atom is 0.250 e. The third kappa shape index (κ3) is 4.68. The minimum atomic E-state index is -0.231. The molecule has 0 fully saturated rings. The number of rotatable bonds is 5. The van der Waals surface area contributed by atoms with Crippen LogP contribution in [0.5, 0.6) is 5.75 Å². The molecule has 1 N–H and O–H groups in total. The number of aromatic nitrogens is 1. The zero-order chi connectivity index (χ0) is 17.6. The molecule has 1 amide bonds. The van der Waals surface area contributed by atoms with Gasteiger partial charge in [0.05, 0.1) is 12.8 Å². The minimum absolute atomic E-state index is 0.231. The van der Waals surface area contributed by atoms with Crippen molar-refractivity contribution < 1.29 is 9.53 Å². The summed E-state index contributed by atoms with van der Waals surface area (Å²) in [5.74, 6) is 0.561. The van der Waals surface area contributed by atoms with Gasteiger partial charge in [0, 0.05) is 22.0 Å². The number of nitrogens with one attached hydrogen (secondary N) is 1. The summed E-state index contributed by atoms with van der Waals surface area (Å²) in [5, 5.41) is 5.89. The third-order valence-corrected chi connectivity index (χ3v) is 4.43. The zero-order valence-electron chi connectivity index (χ0n) is 13.4. The van der Waals surface area contributed by atoms with E-state index in [9.17, 15) is 4.79 Å². The van der Waals surface area contributed by atoms with E-state index in [0.717, 1.165) is 22.6 Å². The van der Waals surface area contributed by atoms with E-state index in [4.69, 9.17) is 16.3 Å². The second-order valence-electron chi connectivity index (χ2n) is 5.14. The van der Waals surface area contributed by atoms with Gasteiger partial charge < -0.3 is 4.74 Å². The molecule has 0 spiro atoms. The van der Waals surface area contributed by atoms with Crippen LogP contribution in [0.3, 0.4) is 0 Å². The molecule has 2 aromatic carbocycles. The molecule has 0 saturated heterocycles. The summed E-state index contributed by atoms with van der Waals surface area (Å²) in [4.78, 5) is 16.4. The molecule has 4 nitrogen and oxygen atoms in total. The number of carbonyl (C=O) groups excluding carboxylic acids is 1. The van der Waals surface area contributed by atoms with Gasteiger partial charge in [-0.3, -0.25) is 10.1 Å². The van der Waals surface area contributed by atoms with Gasteiger partial charge in [-0.1, -0.05) is 23.7 Å². The maximum absolute atomic E-state index is 12.0. The molecule has 0 saturated carbocycles. The van der Waals surface area contributed by atoms with Gasteiger partial charge in [0.1, 0.15) is 5.75 Å². The van der Waals surface area contributed by atoms with Crippen molar-refractivity contribution >= 4 is 40.1 Å². The smallest absolute Gasteiger partial charge is 0.250 e. The molecule has 25 heavy (non-hydrogen) atoms. The second kappa shape index (κ2) is 7.96. The quantitative estimate of drug-likeness (QED) is 0.634. The normalized spacial score (nSPS) is 10.8. The summed E-state index contributed by atoms with van der Waals surface area (Å²) in [6, 6.07) is 14.9. The number of amides is 1. The van der Waals surface area contributed by atoms with Crippen LogP contribution in [0.4, 0.5) is 5.13 Å². The number of methoxy groups -OCH3 is 1. The van der Waals surface area contributed by atoms with Crippen LogP contribution in [-0.2, 0) is 4.79 Å². The fraction of sp³-hybridized carbons (Fsp3) is 0.0526. The molecule has 1 aromatic heterocycles. The summed E-state index contributed by atoms with van der Waals surface area (Å²) >= 11 is 7.21. The highest BCUT2D eigenvalue weighted by Gasteiger charge is 2.06. The number of ether oxygens (including phenoxy) is 1. The highest BCUT2D eigenvalue weighted by molar-refractivity contribution is 7.14. The molecule has 0 aliphatic carbocycles. The SMILES string of the molecule is COc1ccc(-c2csc(NC(=O)C=Cc3ccc(Cl)cc3)n2)cc1. The zero-order valence-corrected chi connectivity index (χ0v) is 15.0. The Morgan fingerprint density at radius 2 is 1.88 bits per heavy atom. The van der Waals surface area contributed by atoms with Crippen LogP contribution in [-0.4, -0.2) is 18.0 Å². The van der Waals surface area contributed by atoms with Gasteiger partial charge in [0.25, 0.3) is 0 Å². The third-order valence-electron chi connectivity index (χ3n) is 3.42. The number of anilines is 1. The van der Waals surface area contributed by atoms with E-state index >= 15 is 0 Å². The van der Waals surface area contributed by atoms with E-state index in [0.29, 0.717) is 10.2 Å². The first-order valence-electron chi connectivity index (χ1n) is 7.48. The van der Waals surface area contributed by atoms with Crippen molar-refractivity contribution in [2.24, 2.45) is 0 Å². The molecule has 1 heterocycles. The summed E-state index contributed by atoms with van der Waals surface area (Å²) < 4.78 is 5.14. The van der Waals surface area contributed by atoms with Crippen LogP contribution in [0.2, 0.25) is 5.02 Å². The van der Waals surface area contributed by atoms with E-state index in [1.54, 1.807) is 25.3 Å². The lowest BCUT2D eigenvalue weighted by Gasteiger charge is -2.00. The predicted octanol–water partition coefficient (Wildman–Crippen LogP) is 5.12. The fourth-order valence-corrected chi connectivity index (χ4v) is 2.97. The highest BCUT2D eigenvalue weighted by atomic mass is 35.5. The van der Waals surface area contributed by atoms with Crippen molar-refractivity contribution in [2.75, 3.05) is 12.4 Å². The molecular weight excluding hydrogens is 356 g/mol. The summed E-state index contributed by atoms with van der Waals surface area (Å²) in [6.07, 6.45) is 3.20. The van der Waals surface area contributed by atoms with Crippen LogP contribution in [0.15, 0.2) is 60.0 Å². The van der Waals surface area contributed by atoms with E-state index in [-0.39, 0.29) is 5.91 Å². The lowest BCUT2D eigenvalue weighted by molar-refractivity contribution is -0.111. The Labute approximate surface area is 154 Å². The van der Waals surface area contributed by atoms with Gasteiger partial charge in [-0.15, -0.1) is 11.3 Å². The molecule has 3 aromatic rings. The fourth-order valence-electron chi connectivity index (χ4n) is 2.12. The number of thiazole rings is 1. The van der Waals surface area contributed by atoms with Gasteiger partial charge in [-0.2, -0.15) is 0 Å². The van der Waals surface area contributed by atoms with Crippen LogP contribution in [0.25, 0.3) is 17.3 Å². The van der Waals surface area contributed by atoms with Crippen molar-refractivity contribution in [1.29, 1.82) is 0 Å². The standard InChI is InChI=1S/C19H15ClN2O2S/c1-24-16-9-5-14(6-10-16)17-12-25-19(21-17)22-18(23)11-4-13-2-7-15(20)8-3-13/h2-12H,1H3,(H,21,22,23). The molecular formula is C19H15ClN2O2S. The van der Waals surface area contributed by atoms with Crippen molar-refractivity contribution in [2.45, 2.75) is 0 Å². The Balaban J connectivity index is 1.64. The average molecular weight is 371 g/mol. The molecule has 0 atom stereocenters. The maximum atomic E-state index is 12.0. The number of nitrogens with zero attached hydrogens (tertiary/aromatic N) is 1. The van der Waals surface area contributed by atoms with Crippen molar-refractivity contribution in [3.8, 4) is 17.0 Å². The van der Waals surface area contributed by atoms with E-state index in [1.807, 2.05) is 41.8 Å². The van der Waals surface area contributed by atoms with Crippen LogP contribution in [0.1, 0.15) is 5.56 Å². The Morgan fingerprint density at radius 3 is 2.56 bits per heavy atom. The monoisotopic (exact) mass is 370 g/mol. The van der Waals surface area contributed by atoms with Crippen molar-refractivity contribution in [3.05, 3.63) is 70.6 Å². The van der Waals surface area contributed by atoms with E-state index < -0.39 is 0 Å². The summed E-state index contributed by atoms with van der Waals surface area (Å²) in [6.45, 7) is 0. The highest BCUT2D eigenvalue weighted by Crippen LogP contribution is 2.26. The molecule has 0 radical (unpaired) electrons. The van der Waals surface area contributed by atoms with Gasteiger partial charge >= 0.3 is 0 Å². The topological polar surface area (TPSA) is 51.2 Å². The van der Waals surface area contributed by atoms with Crippen LogP contribution in [0, 0.1) is 0 Å².